The van der Waals surface area contributed by atoms with E-state index in [1.165, 1.54) is 6.07 Å². The first-order valence-corrected chi connectivity index (χ1v) is 7.42. The summed E-state index contributed by atoms with van der Waals surface area (Å²) in [5.41, 5.74) is 0.748. The average Bonchev–Trinajstić information content (AvgIpc) is 2.48. The van der Waals surface area contributed by atoms with Crippen LogP contribution in [-0.4, -0.2) is 35.1 Å². The van der Waals surface area contributed by atoms with Gasteiger partial charge in [0, 0.05) is 12.6 Å². The minimum atomic E-state index is -0.837. The summed E-state index contributed by atoms with van der Waals surface area (Å²) in [7, 11) is 0. The van der Waals surface area contributed by atoms with Crippen LogP contribution < -0.4 is 0 Å². The van der Waals surface area contributed by atoms with Crippen molar-refractivity contribution in [3.8, 4) is 0 Å². The number of hydrogen-bond donors (Lipinski definition) is 1. The zero-order chi connectivity index (χ0) is 15.4. The number of benzene rings is 1. The molecule has 0 radical (unpaired) electrons. The molecule has 0 bridgehead atoms. The predicted molar refractivity (Wildman–Crippen MR) is 76.1 cm³/mol. The molecule has 0 spiro atoms. The largest absolute Gasteiger partial charge is 0.481 e. The van der Waals surface area contributed by atoms with E-state index in [4.69, 9.17) is 5.11 Å². The second-order valence-electron chi connectivity index (χ2n) is 5.69. The molecule has 2 unspecified atom stereocenters. The molecule has 1 N–H and O–H groups in total. The molecule has 1 heterocycles. The summed E-state index contributed by atoms with van der Waals surface area (Å²) in [6.07, 6.45) is 3.05. The SMILES string of the molecule is CCC(Cc1ccc(F)c(F)c1)N1CCCC(C(=O)O)C1. The maximum absolute atomic E-state index is 13.3. The smallest absolute Gasteiger partial charge is 0.307 e. The molecule has 5 heteroatoms. The predicted octanol–water partition coefficient (Wildman–Crippen LogP) is 3.08. The van der Waals surface area contributed by atoms with Crippen molar-refractivity contribution < 1.29 is 18.7 Å². The molecular weight excluding hydrogens is 276 g/mol. The van der Waals surface area contributed by atoms with E-state index in [1.54, 1.807) is 6.07 Å². The molecule has 116 valence electrons. The highest BCUT2D eigenvalue weighted by Crippen LogP contribution is 2.22. The highest BCUT2D eigenvalue weighted by atomic mass is 19.2. The Bertz CT molecular complexity index is 507. The lowest BCUT2D eigenvalue weighted by Crippen LogP contribution is -2.45. The van der Waals surface area contributed by atoms with Gasteiger partial charge in [-0.1, -0.05) is 13.0 Å². The average molecular weight is 297 g/mol. The maximum Gasteiger partial charge on any atom is 0.307 e. The van der Waals surface area contributed by atoms with Crippen molar-refractivity contribution in [2.24, 2.45) is 5.92 Å². The van der Waals surface area contributed by atoms with Gasteiger partial charge in [0.25, 0.3) is 0 Å². The molecule has 1 aromatic rings. The van der Waals surface area contributed by atoms with Crippen LogP contribution in [0.3, 0.4) is 0 Å². The summed E-state index contributed by atoms with van der Waals surface area (Å²) >= 11 is 0. The molecule has 0 saturated carbocycles. The third-order valence-electron chi connectivity index (χ3n) is 4.25. The van der Waals surface area contributed by atoms with Crippen LogP contribution in [0.4, 0.5) is 8.78 Å². The standard InChI is InChI=1S/C16H21F2NO2/c1-2-13(8-11-5-6-14(17)15(18)9-11)19-7-3-4-12(10-19)16(20)21/h5-6,9,12-13H,2-4,7-8,10H2,1H3,(H,20,21). The summed E-state index contributed by atoms with van der Waals surface area (Å²) in [5.74, 6) is -2.74. The lowest BCUT2D eigenvalue weighted by atomic mass is 9.94. The van der Waals surface area contributed by atoms with Crippen LogP contribution in [0.25, 0.3) is 0 Å². The zero-order valence-electron chi connectivity index (χ0n) is 12.2. The molecule has 1 aliphatic rings. The third kappa shape index (κ3) is 4.00. The molecular formula is C16H21F2NO2. The fourth-order valence-electron chi connectivity index (χ4n) is 3.01. The molecule has 2 rings (SSSR count). The Morgan fingerprint density at radius 1 is 1.43 bits per heavy atom. The molecule has 1 saturated heterocycles. The first-order valence-electron chi connectivity index (χ1n) is 7.42. The zero-order valence-corrected chi connectivity index (χ0v) is 12.2. The van der Waals surface area contributed by atoms with Gasteiger partial charge in [-0.15, -0.1) is 0 Å². The van der Waals surface area contributed by atoms with Crippen LogP contribution in [0.1, 0.15) is 31.7 Å². The number of carboxylic acid groups (broad SMARTS) is 1. The number of hydrogen-bond acceptors (Lipinski definition) is 2. The molecule has 0 amide bonds. The summed E-state index contributed by atoms with van der Waals surface area (Å²) in [5, 5.41) is 9.15. The number of carbonyl (C=O) groups is 1. The highest BCUT2D eigenvalue weighted by Gasteiger charge is 2.29. The fourth-order valence-corrected chi connectivity index (χ4v) is 3.01. The molecule has 1 fully saturated rings. The molecule has 1 aliphatic heterocycles. The van der Waals surface area contributed by atoms with E-state index in [2.05, 4.69) is 4.90 Å². The first kappa shape index (κ1) is 15.9. The number of likely N-dealkylation sites (tertiary alicyclic amines) is 1. The Labute approximate surface area is 123 Å². The fraction of sp³-hybridized carbons (Fsp3) is 0.562. The van der Waals surface area contributed by atoms with Gasteiger partial charge in [-0.05, 0) is 49.9 Å². The van der Waals surface area contributed by atoms with Crippen molar-refractivity contribution in [2.75, 3.05) is 13.1 Å². The van der Waals surface area contributed by atoms with E-state index in [-0.39, 0.29) is 12.0 Å². The lowest BCUT2D eigenvalue weighted by Gasteiger charge is -2.36. The Morgan fingerprint density at radius 3 is 2.81 bits per heavy atom. The van der Waals surface area contributed by atoms with E-state index in [0.29, 0.717) is 19.4 Å². The molecule has 21 heavy (non-hydrogen) atoms. The van der Waals surface area contributed by atoms with E-state index in [9.17, 15) is 13.6 Å². The van der Waals surface area contributed by atoms with Crippen LogP contribution in [0.15, 0.2) is 18.2 Å². The molecule has 2 atom stereocenters. The van der Waals surface area contributed by atoms with Crippen molar-refractivity contribution >= 4 is 5.97 Å². The topological polar surface area (TPSA) is 40.5 Å². The van der Waals surface area contributed by atoms with Crippen LogP contribution >= 0.6 is 0 Å². The van der Waals surface area contributed by atoms with Crippen LogP contribution in [0, 0.1) is 17.6 Å². The number of halogens is 2. The van der Waals surface area contributed by atoms with Gasteiger partial charge in [0.2, 0.25) is 0 Å². The van der Waals surface area contributed by atoms with Crippen molar-refractivity contribution in [3.63, 3.8) is 0 Å². The van der Waals surface area contributed by atoms with E-state index in [1.807, 2.05) is 6.92 Å². The summed E-state index contributed by atoms with van der Waals surface area (Å²) in [4.78, 5) is 13.3. The van der Waals surface area contributed by atoms with Gasteiger partial charge in [0.15, 0.2) is 11.6 Å². The van der Waals surface area contributed by atoms with E-state index in [0.717, 1.165) is 31.0 Å². The number of carboxylic acids is 1. The Morgan fingerprint density at radius 2 is 2.19 bits per heavy atom. The van der Waals surface area contributed by atoms with E-state index >= 15 is 0 Å². The molecule has 0 aromatic heterocycles. The first-order chi connectivity index (χ1) is 10.0. The molecule has 1 aromatic carbocycles. The summed E-state index contributed by atoms with van der Waals surface area (Å²) in [6, 6.07) is 4.14. The van der Waals surface area contributed by atoms with Crippen molar-refractivity contribution in [1.29, 1.82) is 0 Å². The second kappa shape index (κ2) is 6.98. The van der Waals surface area contributed by atoms with Crippen LogP contribution in [-0.2, 0) is 11.2 Å². The van der Waals surface area contributed by atoms with Crippen molar-refractivity contribution in [3.05, 3.63) is 35.4 Å². The monoisotopic (exact) mass is 297 g/mol. The van der Waals surface area contributed by atoms with Gasteiger partial charge in [-0.25, -0.2) is 8.78 Å². The number of nitrogens with zero attached hydrogens (tertiary/aromatic N) is 1. The minimum absolute atomic E-state index is 0.164. The number of aliphatic carboxylic acids is 1. The van der Waals surface area contributed by atoms with Gasteiger partial charge < -0.3 is 5.11 Å². The van der Waals surface area contributed by atoms with Crippen LogP contribution in [0.2, 0.25) is 0 Å². The number of rotatable bonds is 5. The maximum atomic E-state index is 13.3. The van der Waals surface area contributed by atoms with Crippen LogP contribution in [0.5, 0.6) is 0 Å². The lowest BCUT2D eigenvalue weighted by molar-refractivity contribution is -0.143. The Kier molecular flexibility index (Phi) is 5.28. The summed E-state index contributed by atoms with van der Waals surface area (Å²) < 4.78 is 26.2. The summed E-state index contributed by atoms with van der Waals surface area (Å²) in [6.45, 7) is 3.44. The van der Waals surface area contributed by atoms with E-state index < -0.39 is 17.6 Å². The van der Waals surface area contributed by atoms with Gasteiger partial charge in [-0.2, -0.15) is 0 Å². The number of piperidine rings is 1. The van der Waals surface area contributed by atoms with Gasteiger partial charge in [0.05, 0.1) is 5.92 Å². The normalized spacial score (nSPS) is 21.2. The highest BCUT2D eigenvalue weighted by molar-refractivity contribution is 5.70. The molecule has 0 aliphatic carbocycles. The Hall–Kier alpha value is -1.49. The second-order valence-corrected chi connectivity index (χ2v) is 5.69. The Balaban J connectivity index is 2.05. The quantitative estimate of drug-likeness (QED) is 0.908. The third-order valence-corrected chi connectivity index (χ3v) is 4.25. The molecule has 3 nitrogen and oxygen atoms in total. The van der Waals surface area contributed by atoms with Crippen molar-refractivity contribution in [2.45, 2.75) is 38.6 Å². The van der Waals surface area contributed by atoms with Gasteiger partial charge in [0.1, 0.15) is 0 Å². The van der Waals surface area contributed by atoms with Crippen molar-refractivity contribution in [1.82, 2.24) is 4.90 Å². The van der Waals surface area contributed by atoms with Gasteiger partial charge >= 0.3 is 5.97 Å². The van der Waals surface area contributed by atoms with Gasteiger partial charge in [-0.3, -0.25) is 9.69 Å². The minimum Gasteiger partial charge on any atom is -0.481 e.